The van der Waals surface area contributed by atoms with E-state index in [0.717, 1.165) is 45.9 Å². The monoisotopic (exact) mass is 569 g/mol. The highest BCUT2D eigenvalue weighted by molar-refractivity contribution is 7.99. The maximum absolute atomic E-state index is 12.4. The first-order valence-corrected chi connectivity index (χ1v) is 14.7. The Morgan fingerprint density at radius 1 is 0.974 bits per heavy atom. The molecule has 0 aliphatic heterocycles. The second-order valence-corrected chi connectivity index (χ2v) is 12.3. The molecule has 3 aromatic rings. The van der Waals surface area contributed by atoms with Crippen LogP contribution >= 0.6 is 23.4 Å². The molecule has 2 N–H and O–H groups in total. The van der Waals surface area contributed by atoms with Crippen molar-refractivity contribution in [1.29, 1.82) is 0 Å². The molecule has 3 rings (SSSR count). The van der Waals surface area contributed by atoms with Crippen molar-refractivity contribution in [2.75, 3.05) is 6.61 Å². The van der Waals surface area contributed by atoms with Gasteiger partial charge < -0.3 is 19.9 Å². The number of alkyl carbamates (subject to hydrolysis) is 1. The lowest BCUT2D eigenvalue weighted by Crippen LogP contribution is -2.52. The Morgan fingerprint density at radius 3 is 2.38 bits per heavy atom. The van der Waals surface area contributed by atoms with Crippen molar-refractivity contribution in [2.45, 2.75) is 87.3 Å². The van der Waals surface area contributed by atoms with Crippen LogP contribution in [-0.4, -0.2) is 28.9 Å². The van der Waals surface area contributed by atoms with Gasteiger partial charge in [0.05, 0.1) is 12.1 Å². The highest BCUT2D eigenvalue weighted by Gasteiger charge is 2.32. The minimum atomic E-state index is -0.715. The smallest absolute Gasteiger partial charge is 0.408 e. The number of hydrogen-bond donors (Lipinski definition) is 2. The van der Waals surface area contributed by atoms with Gasteiger partial charge in [-0.15, -0.1) is 0 Å². The van der Waals surface area contributed by atoms with Crippen LogP contribution in [0.1, 0.15) is 64.5 Å². The Morgan fingerprint density at radius 2 is 1.72 bits per heavy atom. The first-order valence-electron chi connectivity index (χ1n) is 13.5. The fraction of sp³-hybridized carbons (Fsp3) is 0.406. The van der Waals surface area contributed by atoms with Crippen LogP contribution in [-0.2, 0) is 17.8 Å². The van der Waals surface area contributed by atoms with Gasteiger partial charge in [-0.05, 0) is 87.9 Å². The molecule has 5 nitrogen and oxygen atoms in total. The number of aliphatic hydroxyl groups is 1. The molecule has 0 radical (unpaired) electrons. The molecule has 0 bridgehead atoms. The van der Waals surface area contributed by atoms with E-state index < -0.39 is 17.2 Å². The zero-order chi connectivity index (χ0) is 28.3. The molecule has 210 valence electrons. The van der Waals surface area contributed by atoms with Gasteiger partial charge in [0.2, 0.25) is 0 Å². The number of carbonyl (C=O) groups is 1. The molecule has 39 heavy (non-hydrogen) atoms. The summed E-state index contributed by atoms with van der Waals surface area (Å²) in [5, 5.41) is 13.8. The summed E-state index contributed by atoms with van der Waals surface area (Å²) in [4.78, 5) is 14.6. The summed E-state index contributed by atoms with van der Waals surface area (Å²) < 4.78 is 11.4. The number of amides is 1. The van der Waals surface area contributed by atoms with Crippen LogP contribution < -0.4 is 10.1 Å². The molecule has 0 aromatic heterocycles. The van der Waals surface area contributed by atoms with E-state index in [0.29, 0.717) is 24.5 Å². The number of aryl methyl sites for hydroxylation is 1. The topological polar surface area (TPSA) is 67.8 Å². The molecular formula is C32H40ClNO4S. The zero-order valence-electron chi connectivity index (χ0n) is 23.3. The highest BCUT2D eigenvalue weighted by Crippen LogP contribution is 2.33. The number of nitrogens with one attached hydrogen (secondary N) is 1. The van der Waals surface area contributed by atoms with Crippen molar-refractivity contribution >= 4 is 29.5 Å². The molecule has 1 amide bonds. The Hall–Kier alpha value is -2.67. The van der Waals surface area contributed by atoms with E-state index in [1.54, 1.807) is 11.8 Å². The predicted octanol–water partition coefficient (Wildman–Crippen LogP) is 8.45. The van der Waals surface area contributed by atoms with E-state index in [9.17, 15) is 9.90 Å². The summed E-state index contributed by atoms with van der Waals surface area (Å²) in [7, 11) is 0. The van der Waals surface area contributed by atoms with Crippen molar-refractivity contribution in [3.8, 4) is 5.75 Å². The fourth-order valence-corrected chi connectivity index (χ4v) is 5.61. The average Bonchev–Trinajstić information content (AvgIpc) is 2.88. The largest absolute Gasteiger partial charge is 0.489 e. The van der Waals surface area contributed by atoms with Crippen molar-refractivity contribution in [2.24, 2.45) is 0 Å². The summed E-state index contributed by atoms with van der Waals surface area (Å²) in [5.74, 6) is 0.825. The summed E-state index contributed by atoms with van der Waals surface area (Å²) in [6, 6.07) is 24.3. The molecule has 0 aliphatic rings. The lowest BCUT2D eigenvalue weighted by atomic mass is 9.88. The normalized spacial score (nSPS) is 13.0. The first kappa shape index (κ1) is 30.9. The summed E-state index contributed by atoms with van der Waals surface area (Å²) in [6.07, 6.45) is 3.14. The van der Waals surface area contributed by atoms with Crippen LogP contribution in [0.5, 0.6) is 5.75 Å². The van der Waals surface area contributed by atoms with Crippen LogP contribution in [0.25, 0.3) is 0 Å². The van der Waals surface area contributed by atoms with E-state index in [1.807, 2.05) is 82.3 Å². The van der Waals surface area contributed by atoms with E-state index >= 15 is 0 Å². The minimum Gasteiger partial charge on any atom is -0.489 e. The fourth-order valence-electron chi connectivity index (χ4n) is 4.36. The van der Waals surface area contributed by atoms with Crippen LogP contribution in [0.15, 0.2) is 82.6 Å². The van der Waals surface area contributed by atoms with Gasteiger partial charge in [-0.1, -0.05) is 79.2 Å². The molecule has 1 unspecified atom stereocenters. The number of aliphatic hydroxyl groups excluding tert-OH is 1. The second-order valence-electron chi connectivity index (χ2n) is 10.8. The molecule has 0 saturated heterocycles. The SMILES string of the molecule is CCCC(CO)(CCCc1ccc(Sc2cccc(OCc3ccccc3)c2)cc1Cl)NC(=O)OC(C)(C)C. The number of rotatable bonds is 13. The van der Waals surface area contributed by atoms with Crippen molar-refractivity contribution < 1.29 is 19.4 Å². The Bertz CT molecular complexity index is 1200. The van der Waals surface area contributed by atoms with Gasteiger partial charge in [0.1, 0.15) is 18.0 Å². The van der Waals surface area contributed by atoms with E-state index in [1.165, 1.54) is 0 Å². The number of benzene rings is 3. The minimum absolute atomic E-state index is 0.141. The van der Waals surface area contributed by atoms with Gasteiger partial charge in [0.25, 0.3) is 0 Å². The van der Waals surface area contributed by atoms with Crippen molar-refractivity contribution in [1.82, 2.24) is 5.32 Å². The molecule has 0 saturated carbocycles. The van der Waals surface area contributed by atoms with Crippen LogP contribution in [0, 0.1) is 0 Å². The first-order chi connectivity index (χ1) is 18.6. The van der Waals surface area contributed by atoms with Gasteiger partial charge in [0.15, 0.2) is 0 Å². The number of hydrogen-bond acceptors (Lipinski definition) is 5. The number of carbonyl (C=O) groups excluding carboxylic acids is 1. The molecule has 0 fully saturated rings. The summed E-state index contributed by atoms with van der Waals surface area (Å²) >= 11 is 8.31. The van der Waals surface area contributed by atoms with E-state index in [-0.39, 0.29) is 6.61 Å². The standard InChI is InChI=1S/C32H40ClNO4S/c1-5-18-32(23-35,34-30(36)38-31(2,3)4)19-10-13-25-16-17-28(21-29(25)33)39-27-15-9-14-26(20-27)37-22-24-11-7-6-8-12-24/h6-9,11-12,14-17,20-21,35H,5,10,13,18-19,22-23H2,1-4H3,(H,34,36). The van der Waals surface area contributed by atoms with Crippen molar-refractivity contribution in [3.05, 3.63) is 88.9 Å². The van der Waals surface area contributed by atoms with Crippen LogP contribution in [0.3, 0.4) is 0 Å². The van der Waals surface area contributed by atoms with Crippen molar-refractivity contribution in [3.63, 3.8) is 0 Å². The van der Waals surface area contributed by atoms with Gasteiger partial charge in [-0.25, -0.2) is 4.79 Å². The van der Waals surface area contributed by atoms with E-state index in [2.05, 4.69) is 23.5 Å². The Kier molecular flexibility index (Phi) is 11.6. The lowest BCUT2D eigenvalue weighted by molar-refractivity contribution is 0.0370. The Balaban J connectivity index is 1.57. The maximum atomic E-state index is 12.4. The average molecular weight is 570 g/mol. The predicted molar refractivity (Wildman–Crippen MR) is 160 cm³/mol. The zero-order valence-corrected chi connectivity index (χ0v) is 24.9. The molecule has 3 aromatic carbocycles. The van der Waals surface area contributed by atoms with Gasteiger partial charge in [0, 0.05) is 14.8 Å². The van der Waals surface area contributed by atoms with Crippen LogP contribution in [0.2, 0.25) is 5.02 Å². The second kappa shape index (κ2) is 14.6. The Labute approximate surface area is 242 Å². The van der Waals surface area contributed by atoms with Gasteiger partial charge in [-0.3, -0.25) is 0 Å². The lowest BCUT2D eigenvalue weighted by Gasteiger charge is -2.34. The number of ether oxygens (including phenoxy) is 2. The highest BCUT2D eigenvalue weighted by atomic mass is 35.5. The molecular weight excluding hydrogens is 530 g/mol. The van der Waals surface area contributed by atoms with Crippen LogP contribution in [0.4, 0.5) is 4.79 Å². The maximum Gasteiger partial charge on any atom is 0.408 e. The summed E-state index contributed by atoms with van der Waals surface area (Å²) in [5.41, 5.74) is 0.861. The third-order valence-electron chi connectivity index (χ3n) is 6.21. The van der Waals surface area contributed by atoms with Gasteiger partial charge >= 0.3 is 6.09 Å². The molecule has 1 atom stereocenters. The third-order valence-corrected chi connectivity index (χ3v) is 7.54. The van der Waals surface area contributed by atoms with Gasteiger partial charge in [-0.2, -0.15) is 0 Å². The molecule has 7 heteroatoms. The molecule has 0 spiro atoms. The molecule has 0 heterocycles. The summed E-state index contributed by atoms with van der Waals surface area (Å²) in [6.45, 7) is 7.91. The third kappa shape index (κ3) is 10.4. The molecule has 0 aliphatic carbocycles. The quantitative estimate of drug-likeness (QED) is 0.216. The van der Waals surface area contributed by atoms with E-state index in [4.69, 9.17) is 21.1 Å². The number of halogens is 1.